The van der Waals surface area contributed by atoms with E-state index in [4.69, 9.17) is 33.7 Å². The molecule has 1 saturated carbocycles. The molecule has 0 bridgehead atoms. The maximum atomic E-state index is 6.06. The van der Waals surface area contributed by atoms with Crippen LogP contribution in [0.3, 0.4) is 0 Å². The number of halogens is 3. The van der Waals surface area contributed by atoms with Crippen LogP contribution in [0, 0.1) is 5.92 Å². The van der Waals surface area contributed by atoms with Crippen molar-refractivity contribution in [2.75, 3.05) is 19.7 Å². The number of nitrogens with one attached hydrogen (secondary N) is 1. The minimum Gasteiger partial charge on any atom is -0.375 e. The van der Waals surface area contributed by atoms with E-state index in [2.05, 4.69) is 10.3 Å². The molecule has 0 amide bonds. The van der Waals surface area contributed by atoms with Crippen molar-refractivity contribution in [2.45, 2.75) is 25.9 Å². The van der Waals surface area contributed by atoms with Crippen molar-refractivity contribution in [2.24, 2.45) is 16.6 Å². The van der Waals surface area contributed by atoms with Crippen molar-refractivity contribution < 1.29 is 4.74 Å². The second-order valence-corrected chi connectivity index (χ2v) is 6.08. The van der Waals surface area contributed by atoms with E-state index in [0.717, 1.165) is 18.0 Å². The van der Waals surface area contributed by atoms with E-state index in [1.165, 1.54) is 19.3 Å². The SMILES string of the molecule is I.NC(=NCC1CCC1)NCCOCc1ccc(Cl)cc1Cl. The van der Waals surface area contributed by atoms with Crippen LogP contribution in [0.15, 0.2) is 23.2 Å². The number of guanidine groups is 1. The summed E-state index contributed by atoms with van der Waals surface area (Å²) >= 11 is 11.9. The lowest BCUT2D eigenvalue weighted by Gasteiger charge is -2.23. The molecular weight excluding hydrogens is 436 g/mol. The van der Waals surface area contributed by atoms with Gasteiger partial charge in [0.1, 0.15) is 0 Å². The van der Waals surface area contributed by atoms with E-state index in [1.54, 1.807) is 12.1 Å². The fourth-order valence-corrected chi connectivity index (χ4v) is 2.49. The highest BCUT2D eigenvalue weighted by Gasteiger charge is 2.16. The van der Waals surface area contributed by atoms with E-state index in [-0.39, 0.29) is 24.0 Å². The molecule has 0 unspecified atom stereocenters. The molecule has 0 aliphatic heterocycles. The zero-order chi connectivity index (χ0) is 15.1. The summed E-state index contributed by atoms with van der Waals surface area (Å²) in [6.45, 7) is 2.46. The molecule has 0 saturated heterocycles. The van der Waals surface area contributed by atoms with Gasteiger partial charge in [-0.2, -0.15) is 0 Å². The van der Waals surface area contributed by atoms with E-state index >= 15 is 0 Å². The van der Waals surface area contributed by atoms with E-state index in [0.29, 0.717) is 35.8 Å². The quantitative estimate of drug-likeness (QED) is 0.283. The molecule has 0 spiro atoms. The van der Waals surface area contributed by atoms with Gasteiger partial charge in [-0.05, 0) is 36.5 Å². The molecule has 22 heavy (non-hydrogen) atoms. The van der Waals surface area contributed by atoms with Crippen LogP contribution in [0.1, 0.15) is 24.8 Å². The van der Waals surface area contributed by atoms with Crippen LogP contribution in [0.2, 0.25) is 10.0 Å². The summed E-state index contributed by atoms with van der Waals surface area (Å²) in [5.74, 6) is 1.23. The molecule has 1 aromatic carbocycles. The molecule has 124 valence electrons. The van der Waals surface area contributed by atoms with Gasteiger partial charge in [0.25, 0.3) is 0 Å². The van der Waals surface area contributed by atoms with Gasteiger partial charge in [-0.3, -0.25) is 4.99 Å². The predicted octanol–water partition coefficient (Wildman–Crippen LogP) is 3.83. The van der Waals surface area contributed by atoms with Crippen molar-refractivity contribution in [3.8, 4) is 0 Å². The van der Waals surface area contributed by atoms with Gasteiger partial charge in [0, 0.05) is 23.1 Å². The van der Waals surface area contributed by atoms with Crippen molar-refractivity contribution >= 4 is 53.1 Å². The molecule has 1 fully saturated rings. The minimum atomic E-state index is 0. The molecule has 4 nitrogen and oxygen atoms in total. The molecule has 2 rings (SSSR count). The molecule has 1 aromatic rings. The third kappa shape index (κ3) is 6.89. The van der Waals surface area contributed by atoms with Crippen molar-refractivity contribution in [1.82, 2.24) is 5.32 Å². The zero-order valence-electron chi connectivity index (χ0n) is 12.4. The number of rotatable bonds is 7. The van der Waals surface area contributed by atoms with Crippen LogP contribution in [0.25, 0.3) is 0 Å². The zero-order valence-corrected chi connectivity index (χ0v) is 16.2. The summed E-state index contributed by atoms with van der Waals surface area (Å²) in [6, 6.07) is 5.38. The minimum absolute atomic E-state index is 0. The van der Waals surface area contributed by atoms with E-state index in [9.17, 15) is 0 Å². The molecule has 0 heterocycles. The largest absolute Gasteiger partial charge is 0.375 e. The number of hydrogen-bond acceptors (Lipinski definition) is 2. The maximum absolute atomic E-state index is 6.06. The van der Waals surface area contributed by atoms with Crippen LogP contribution in [-0.4, -0.2) is 25.7 Å². The molecule has 1 aliphatic carbocycles. The van der Waals surface area contributed by atoms with Crippen molar-refractivity contribution in [3.63, 3.8) is 0 Å². The van der Waals surface area contributed by atoms with E-state index < -0.39 is 0 Å². The summed E-state index contributed by atoms with van der Waals surface area (Å²) in [4.78, 5) is 4.32. The van der Waals surface area contributed by atoms with Crippen LogP contribution in [0.4, 0.5) is 0 Å². The first-order valence-corrected chi connectivity index (χ1v) is 7.96. The average molecular weight is 458 g/mol. The van der Waals surface area contributed by atoms with Gasteiger partial charge in [-0.25, -0.2) is 0 Å². The Morgan fingerprint density at radius 3 is 2.77 bits per heavy atom. The number of benzene rings is 1. The van der Waals surface area contributed by atoms with Crippen LogP contribution < -0.4 is 11.1 Å². The lowest BCUT2D eigenvalue weighted by atomic mass is 9.86. The Balaban J connectivity index is 0.00000242. The average Bonchev–Trinajstić information content (AvgIpc) is 2.39. The standard InChI is InChI=1S/C15H21Cl2N3O.HI/c16-13-5-4-12(14(17)8-13)10-21-7-6-19-15(18)20-9-11-2-1-3-11;/h4-5,8,11H,1-3,6-7,9-10H2,(H3,18,19,20);1H. The number of ether oxygens (including phenoxy) is 1. The molecule has 3 N–H and O–H groups in total. The lowest BCUT2D eigenvalue weighted by Crippen LogP contribution is -2.35. The normalized spacial score (nSPS) is 15.1. The van der Waals surface area contributed by atoms with Gasteiger partial charge in [-0.15, -0.1) is 24.0 Å². The second-order valence-electron chi connectivity index (χ2n) is 5.24. The smallest absolute Gasteiger partial charge is 0.188 e. The van der Waals surface area contributed by atoms with Crippen LogP contribution in [-0.2, 0) is 11.3 Å². The summed E-state index contributed by atoms with van der Waals surface area (Å²) in [5, 5.41) is 4.29. The fraction of sp³-hybridized carbons (Fsp3) is 0.533. The third-order valence-corrected chi connectivity index (χ3v) is 4.16. The predicted molar refractivity (Wildman–Crippen MR) is 103 cm³/mol. The molecule has 1 aliphatic rings. The first-order valence-electron chi connectivity index (χ1n) is 7.20. The topological polar surface area (TPSA) is 59.6 Å². The highest BCUT2D eigenvalue weighted by atomic mass is 127. The Morgan fingerprint density at radius 2 is 2.14 bits per heavy atom. The Hall–Kier alpha value is -0.240. The second kappa shape index (κ2) is 10.5. The monoisotopic (exact) mass is 457 g/mol. The Labute approximate surface area is 158 Å². The highest BCUT2D eigenvalue weighted by molar-refractivity contribution is 14.0. The Bertz CT molecular complexity index is 496. The van der Waals surface area contributed by atoms with Gasteiger partial charge >= 0.3 is 0 Å². The van der Waals surface area contributed by atoms with Gasteiger partial charge in [0.2, 0.25) is 0 Å². The first kappa shape index (κ1) is 19.8. The molecule has 0 radical (unpaired) electrons. The van der Waals surface area contributed by atoms with Crippen LogP contribution >= 0.6 is 47.2 Å². The number of nitrogens with two attached hydrogens (primary N) is 1. The maximum Gasteiger partial charge on any atom is 0.188 e. The molecule has 0 atom stereocenters. The third-order valence-electron chi connectivity index (χ3n) is 3.57. The van der Waals surface area contributed by atoms with Gasteiger partial charge in [0.15, 0.2) is 5.96 Å². The summed E-state index contributed by atoms with van der Waals surface area (Å²) in [6.07, 6.45) is 3.89. The van der Waals surface area contributed by atoms with Gasteiger partial charge in [-0.1, -0.05) is 35.7 Å². The molecular formula is C15H22Cl2IN3O. The van der Waals surface area contributed by atoms with Gasteiger partial charge in [0.05, 0.1) is 13.2 Å². The number of hydrogen-bond donors (Lipinski definition) is 2. The number of nitrogens with zero attached hydrogens (tertiary/aromatic N) is 1. The number of aliphatic imine (C=N–C) groups is 1. The summed E-state index contributed by atoms with van der Waals surface area (Å²) in [7, 11) is 0. The van der Waals surface area contributed by atoms with E-state index in [1.807, 2.05) is 6.07 Å². The summed E-state index contributed by atoms with van der Waals surface area (Å²) < 4.78 is 5.55. The highest BCUT2D eigenvalue weighted by Crippen LogP contribution is 2.26. The van der Waals surface area contributed by atoms with Crippen molar-refractivity contribution in [3.05, 3.63) is 33.8 Å². The lowest BCUT2D eigenvalue weighted by molar-refractivity contribution is 0.125. The fourth-order valence-electron chi connectivity index (χ4n) is 2.03. The molecule has 7 heteroatoms. The van der Waals surface area contributed by atoms with Gasteiger partial charge < -0.3 is 15.8 Å². The van der Waals surface area contributed by atoms with Crippen LogP contribution in [0.5, 0.6) is 0 Å². The van der Waals surface area contributed by atoms with Crippen molar-refractivity contribution in [1.29, 1.82) is 0 Å². The first-order chi connectivity index (χ1) is 10.1. The Morgan fingerprint density at radius 1 is 1.36 bits per heavy atom. The Kier molecular flexibility index (Phi) is 9.47. The molecule has 0 aromatic heterocycles. The summed E-state index contributed by atoms with van der Waals surface area (Å²) in [5.41, 5.74) is 6.71.